The number of carbonyl (C=O) groups excluding carboxylic acids is 1. The summed E-state index contributed by atoms with van der Waals surface area (Å²) in [5, 5.41) is 0. The van der Waals surface area contributed by atoms with Crippen molar-refractivity contribution in [3.63, 3.8) is 0 Å². The fourth-order valence-electron chi connectivity index (χ4n) is 0.679. The molecule has 0 aromatic carbocycles. The van der Waals surface area contributed by atoms with Crippen molar-refractivity contribution in [2.24, 2.45) is 5.73 Å². The van der Waals surface area contributed by atoms with E-state index in [2.05, 4.69) is 0 Å². The number of ether oxygens (including phenoxy) is 1. The Hall–Kier alpha value is -1.51. The smallest absolute Gasteiger partial charge is 0.241 e. The zero-order valence-electron chi connectivity index (χ0n) is 5.99. The molecule has 58 valence electrons. The summed E-state index contributed by atoms with van der Waals surface area (Å²) in [7, 11) is 0. The van der Waals surface area contributed by atoms with Crippen molar-refractivity contribution in [2.75, 3.05) is 6.61 Å². The van der Waals surface area contributed by atoms with Crippen LogP contribution in [0.1, 0.15) is 0 Å². The van der Waals surface area contributed by atoms with E-state index in [-0.39, 0.29) is 0 Å². The topological polar surface area (TPSA) is 52.3 Å². The van der Waals surface area contributed by atoms with Gasteiger partial charge in [-0.05, 0) is 18.2 Å². The molecule has 0 unspecified atom stereocenters. The van der Waals surface area contributed by atoms with Gasteiger partial charge in [0.2, 0.25) is 5.91 Å². The molecule has 2 N–H and O–H groups in total. The maximum atomic E-state index is 10.3. The lowest BCUT2D eigenvalue weighted by molar-refractivity contribution is -0.113. The minimum Gasteiger partial charge on any atom is -0.490 e. The first kappa shape index (κ1) is 7.60. The normalized spacial score (nSPS) is 16.2. The first-order valence-electron chi connectivity index (χ1n) is 3.26. The van der Waals surface area contributed by atoms with Gasteiger partial charge in [-0.3, -0.25) is 4.79 Å². The quantitative estimate of drug-likeness (QED) is 0.584. The van der Waals surface area contributed by atoms with Gasteiger partial charge in [0, 0.05) is 6.08 Å². The van der Waals surface area contributed by atoms with E-state index in [4.69, 9.17) is 10.5 Å². The second kappa shape index (κ2) is 3.61. The van der Waals surface area contributed by atoms with Crippen LogP contribution < -0.4 is 5.73 Å². The fourth-order valence-corrected chi connectivity index (χ4v) is 0.679. The molecule has 0 fully saturated rings. The predicted octanol–water partition coefficient (Wildman–Crippen LogP) is 0.498. The van der Waals surface area contributed by atoms with Gasteiger partial charge in [0.15, 0.2) is 0 Å². The molecule has 1 aliphatic heterocycles. The van der Waals surface area contributed by atoms with Crippen LogP contribution in [-0.2, 0) is 9.53 Å². The number of carbonyl (C=O) groups is 1. The molecule has 11 heavy (non-hydrogen) atoms. The van der Waals surface area contributed by atoms with Crippen molar-refractivity contribution in [2.45, 2.75) is 0 Å². The summed E-state index contributed by atoms with van der Waals surface area (Å²) in [5.41, 5.74) is 4.88. The molecule has 0 aromatic heterocycles. The van der Waals surface area contributed by atoms with E-state index in [0.29, 0.717) is 12.4 Å². The highest BCUT2D eigenvalue weighted by Crippen LogP contribution is 2.04. The Morgan fingerprint density at radius 1 is 1.73 bits per heavy atom. The second-order valence-electron chi connectivity index (χ2n) is 2.04. The molecule has 0 atom stereocenters. The Morgan fingerprint density at radius 2 is 2.55 bits per heavy atom. The molecule has 0 saturated carbocycles. The third-order valence-corrected chi connectivity index (χ3v) is 1.15. The average Bonchev–Trinajstić information content (AvgIpc) is 2.03. The number of rotatable bonds is 2. The fraction of sp³-hybridized carbons (Fsp3) is 0.125. The average molecular weight is 151 g/mol. The van der Waals surface area contributed by atoms with Gasteiger partial charge in [-0.2, -0.15) is 0 Å². The van der Waals surface area contributed by atoms with Crippen LogP contribution in [0.2, 0.25) is 0 Å². The van der Waals surface area contributed by atoms with Crippen LogP contribution in [0.25, 0.3) is 0 Å². The molecule has 0 aliphatic carbocycles. The zero-order valence-corrected chi connectivity index (χ0v) is 5.99. The molecule has 1 aliphatic rings. The van der Waals surface area contributed by atoms with Crippen LogP contribution >= 0.6 is 0 Å². The Kier molecular flexibility index (Phi) is 2.49. The van der Waals surface area contributed by atoms with Crippen LogP contribution in [0.3, 0.4) is 0 Å². The van der Waals surface area contributed by atoms with Gasteiger partial charge in [-0.25, -0.2) is 0 Å². The number of hydrogen-bond donors (Lipinski definition) is 1. The Labute approximate surface area is 64.8 Å². The van der Waals surface area contributed by atoms with Crippen molar-refractivity contribution in [1.29, 1.82) is 0 Å². The lowest BCUT2D eigenvalue weighted by Crippen LogP contribution is -2.06. The SMILES string of the molecule is NC(=O)/C=C/C1=CC=CCO1. The van der Waals surface area contributed by atoms with E-state index in [0.717, 1.165) is 0 Å². The molecule has 0 saturated heterocycles. The van der Waals surface area contributed by atoms with E-state index in [9.17, 15) is 4.79 Å². The van der Waals surface area contributed by atoms with Crippen LogP contribution in [0.5, 0.6) is 0 Å². The lowest BCUT2D eigenvalue weighted by Gasteiger charge is -2.05. The van der Waals surface area contributed by atoms with Crippen LogP contribution in [0.15, 0.2) is 36.1 Å². The summed E-state index contributed by atoms with van der Waals surface area (Å²) in [6.45, 7) is 0.551. The van der Waals surface area contributed by atoms with Gasteiger partial charge in [-0.15, -0.1) is 0 Å². The number of nitrogens with two attached hydrogens (primary N) is 1. The van der Waals surface area contributed by atoms with Gasteiger partial charge >= 0.3 is 0 Å². The van der Waals surface area contributed by atoms with Gasteiger partial charge < -0.3 is 10.5 Å². The molecule has 0 radical (unpaired) electrons. The summed E-state index contributed by atoms with van der Waals surface area (Å²) in [4.78, 5) is 10.3. The Morgan fingerprint density at radius 3 is 3.09 bits per heavy atom. The summed E-state index contributed by atoms with van der Waals surface area (Å²) in [5.74, 6) is 0.190. The van der Waals surface area contributed by atoms with Crippen LogP contribution in [-0.4, -0.2) is 12.5 Å². The van der Waals surface area contributed by atoms with Gasteiger partial charge in [0.05, 0.1) is 0 Å². The highest BCUT2D eigenvalue weighted by molar-refractivity contribution is 5.86. The standard InChI is InChI=1S/C8H9NO2/c9-8(10)5-4-7-3-1-2-6-11-7/h1-5H,6H2,(H2,9,10)/b5-4+. The summed E-state index contributed by atoms with van der Waals surface area (Å²) < 4.78 is 5.11. The zero-order chi connectivity index (χ0) is 8.10. The summed E-state index contributed by atoms with van der Waals surface area (Å²) >= 11 is 0. The number of allylic oxidation sites excluding steroid dienone is 3. The molecule has 1 amide bonds. The monoisotopic (exact) mass is 151 g/mol. The minimum absolute atomic E-state index is 0.468. The molecule has 3 heteroatoms. The third kappa shape index (κ3) is 2.71. The molecule has 0 aromatic rings. The van der Waals surface area contributed by atoms with Crippen molar-refractivity contribution in [3.8, 4) is 0 Å². The Bertz CT molecular complexity index is 238. The highest BCUT2D eigenvalue weighted by atomic mass is 16.5. The molecular formula is C8H9NO2. The van der Waals surface area contributed by atoms with Crippen LogP contribution in [0.4, 0.5) is 0 Å². The number of primary amides is 1. The summed E-state index contributed by atoms with van der Waals surface area (Å²) in [6, 6.07) is 0. The third-order valence-electron chi connectivity index (χ3n) is 1.15. The molecule has 3 nitrogen and oxygen atoms in total. The molecule has 1 rings (SSSR count). The maximum absolute atomic E-state index is 10.3. The highest BCUT2D eigenvalue weighted by Gasteiger charge is 1.94. The second-order valence-corrected chi connectivity index (χ2v) is 2.04. The summed E-state index contributed by atoms with van der Waals surface area (Å²) in [6.07, 6.45) is 8.32. The van der Waals surface area contributed by atoms with E-state index in [1.54, 1.807) is 12.2 Å². The lowest BCUT2D eigenvalue weighted by atomic mass is 10.3. The maximum Gasteiger partial charge on any atom is 0.241 e. The van der Waals surface area contributed by atoms with E-state index in [1.165, 1.54) is 6.08 Å². The number of amides is 1. The molecule has 0 bridgehead atoms. The minimum atomic E-state index is -0.468. The van der Waals surface area contributed by atoms with E-state index in [1.807, 2.05) is 12.2 Å². The largest absolute Gasteiger partial charge is 0.490 e. The van der Waals surface area contributed by atoms with Crippen LogP contribution in [0, 0.1) is 0 Å². The van der Waals surface area contributed by atoms with Crippen molar-refractivity contribution in [1.82, 2.24) is 0 Å². The van der Waals surface area contributed by atoms with E-state index >= 15 is 0 Å². The molecular weight excluding hydrogens is 142 g/mol. The Balaban J connectivity index is 2.54. The van der Waals surface area contributed by atoms with Gasteiger partial charge in [0.1, 0.15) is 12.4 Å². The number of hydrogen-bond acceptors (Lipinski definition) is 2. The van der Waals surface area contributed by atoms with Gasteiger partial charge in [0.25, 0.3) is 0 Å². The molecule has 1 heterocycles. The van der Waals surface area contributed by atoms with E-state index < -0.39 is 5.91 Å². The first-order chi connectivity index (χ1) is 5.29. The van der Waals surface area contributed by atoms with Crippen molar-refractivity contribution in [3.05, 3.63) is 36.1 Å². The van der Waals surface area contributed by atoms with Crippen molar-refractivity contribution >= 4 is 5.91 Å². The van der Waals surface area contributed by atoms with Crippen molar-refractivity contribution < 1.29 is 9.53 Å². The van der Waals surface area contributed by atoms with Gasteiger partial charge in [-0.1, -0.05) is 6.08 Å². The predicted molar refractivity (Wildman–Crippen MR) is 41.5 cm³/mol. The first-order valence-corrected chi connectivity index (χ1v) is 3.26. The molecule has 0 spiro atoms.